The molecule has 0 bridgehead atoms. The van der Waals surface area contributed by atoms with Crippen LogP contribution in [0.1, 0.15) is 16.1 Å². The number of anilines is 1. The molecule has 2 aromatic carbocycles. The standard InChI is InChI=1S/C22H22ClN3O6S/c1-14-6-7-15(12-18(14)33(29,30)26-8-10-31-11-9-26)24-19(27)13-32-22(28)21-20(23)16-4-2-3-5-17(16)25-21/h2-7,12,25H,8-11,13H2,1H3,(H,24,27). The molecule has 0 radical (unpaired) electrons. The molecule has 1 amide bonds. The molecule has 2 N–H and O–H groups in total. The monoisotopic (exact) mass is 491 g/mol. The number of aryl methyl sites for hydroxylation is 1. The Morgan fingerprint density at radius 1 is 1.18 bits per heavy atom. The van der Waals surface area contributed by atoms with Gasteiger partial charge in [-0.1, -0.05) is 35.9 Å². The minimum atomic E-state index is -3.73. The number of benzene rings is 2. The van der Waals surface area contributed by atoms with Crippen molar-refractivity contribution < 1.29 is 27.5 Å². The molecule has 4 rings (SSSR count). The average Bonchev–Trinajstić information content (AvgIpc) is 3.16. The van der Waals surface area contributed by atoms with E-state index in [1.807, 2.05) is 0 Å². The van der Waals surface area contributed by atoms with Gasteiger partial charge in [0.15, 0.2) is 6.61 Å². The number of fused-ring (bicyclic) bond motifs is 1. The molecule has 0 aliphatic carbocycles. The summed E-state index contributed by atoms with van der Waals surface area (Å²) in [4.78, 5) is 27.7. The summed E-state index contributed by atoms with van der Waals surface area (Å²) in [6.45, 7) is 2.32. The molecule has 9 nitrogen and oxygen atoms in total. The van der Waals surface area contributed by atoms with Crippen LogP contribution in [0.3, 0.4) is 0 Å². The third-order valence-corrected chi connectivity index (χ3v) is 7.67. The Morgan fingerprint density at radius 2 is 1.91 bits per heavy atom. The van der Waals surface area contributed by atoms with Gasteiger partial charge >= 0.3 is 5.97 Å². The molecule has 0 spiro atoms. The molecule has 174 valence electrons. The first-order chi connectivity index (χ1) is 15.8. The number of aromatic amines is 1. The van der Waals surface area contributed by atoms with E-state index in [-0.39, 0.29) is 34.4 Å². The highest BCUT2D eigenvalue weighted by molar-refractivity contribution is 7.89. The van der Waals surface area contributed by atoms with Gasteiger partial charge in [-0.2, -0.15) is 4.31 Å². The second-order valence-electron chi connectivity index (χ2n) is 7.48. The van der Waals surface area contributed by atoms with Crippen molar-refractivity contribution in [3.05, 3.63) is 58.7 Å². The first kappa shape index (κ1) is 23.2. The number of rotatable bonds is 6. The minimum Gasteiger partial charge on any atom is -0.451 e. The lowest BCUT2D eigenvalue weighted by Gasteiger charge is -2.26. The number of esters is 1. The molecule has 1 aliphatic rings. The van der Waals surface area contributed by atoms with Crippen LogP contribution in [0.5, 0.6) is 0 Å². The van der Waals surface area contributed by atoms with Crippen LogP contribution in [0.15, 0.2) is 47.4 Å². The van der Waals surface area contributed by atoms with Crippen molar-refractivity contribution in [3.63, 3.8) is 0 Å². The number of nitrogens with one attached hydrogen (secondary N) is 2. The molecule has 2 heterocycles. The number of carbonyl (C=O) groups excluding carboxylic acids is 2. The number of halogens is 1. The van der Waals surface area contributed by atoms with Crippen molar-refractivity contribution in [1.82, 2.24) is 9.29 Å². The highest BCUT2D eigenvalue weighted by Gasteiger charge is 2.28. The Hall–Kier alpha value is -2.92. The zero-order valence-electron chi connectivity index (χ0n) is 17.8. The molecule has 1 saturated heterocycles. The van der Waals surface area contributed by atoms with Crippen molar-refractivity contribution >= 4 is 50.1 Å². The van der Waals surface area contributed by atoms with Crippen molar-refractivity contribution in [3.8, 4) is 0 Å². The maximum Gasteiger partial charge on any atom is 0.356 e. The maximum atomic E-state index is 13.0. The van der Waals surface area contributed by atoms with E-state index >= 15 is 0 Å². The fraction of sp³-hybridized carbons (Fsp3) is 0.273. The lowest BCUT2D eigenvalue weighted by atomic mass is 10.2. The molecule has 33 heavy (non-hydrogen) atoms. The van der Waals surface area contributed by atoms with E-state index in [0.29, 0.717) is 29.7 Å². The van der Waals surface area contributed by atoms with Crippen LogP contribution in [-0.4, -0.2) is 62.5 Å². The van der Waals surface area contributed by atoms with E-state index in [9.17, 15) is 18.0 Å². The summed E-state index contributed by atoms with van der Waals surface area (Å²) in [7, 11) is -3.73. The molecule has 0 unspecified atom stereocenters. The first-order valence-corrected chi connectivity index (χ1v) is 12.0. The normalized spacial score (nSPS) is 14.8. The molecular weight excluding hydrogens is 470 g/mol. The number of morpholine rings is 1. The second kappa shape index (κ2) is 9.52. The molecule has 0 saturated carbocycles. The molecule has 1 fully saturated rings. The van der Waals surface area contributed by atoms with Gasteiger partial charge in [-0.15, -0.1) is 0 Å². The van der Waals surface area contributed by atoms with Crippen molar-refractivity contribution in [2.75, 3.05) is 38.2 Å². The number of nitrogens with zero attached hydrogens (tertiary/aromatic N) is 1. The number of aromatic nitrogens is 1. The summed E-state index contributed by atoms with van der Waals surface area (Å²) in [5.74, 6) is -1.39. The lowest BCUT2D eigenvalue weighted by molar-refractivity contribution is -0.119. The predicted molar refractivity (Wildman–Crippen MR) is 123 cm³/mol. The highest BCUT2D eigenvalue weighted by Crippen LogP contribution is 2.28. The number of hydrogen-bond acceptors (Lipinski definition) is 6. The summed E-state index contributed by atoms with van der Waals surface area (Å²) >= 11 is 6.23. The van der Waals surface area contributed by atoms with E-state index in [1.54, 1.807) is 43.3 Å². The molecule has 11 heteroatoms. The Kier molecular flexibility index (Phi) is 6.71. The van der Waals surface area contributed by atoms with Gasteiger partial charge in [0.25, 0.3) is 5.91 Å². The molecule has 1 aromatic heterocycles. The summed E-state index contributed by atoms with van der Waals surface area (Å²) in [5, 5.41) is 3.45. The molecule has 3 aromatic rings. The Balaban J connectivity index is 1.42. The Morgan fingerprint density at radius 3 is 2.64 bits per heavy atom. The summed E-state index contributed by atoms with van der Waals surface area (Å²) < 4.78 is 37.7. The summed E-state index contributed by atoms with van der Waals surface area (Å²) in [6, 6.07) is 11.7. The SMILES string of the molecule is Cc1ccc(NC(=O)COC(=O)c2[nH]c3ccccc3c2Cl)cc1S(=O)(=O)N1CCOCC1. The van der Waals surface area contributed by atoms with Crippen LogP contribution in [0.2, 0.25) is 5.02 Å². The third kappa shape index (κ3) is 4.88. The average molecular weight is 492 g/mol. The first-order valence-electron chi connectivity index (χ1n) is 10.2. The summed E-state index contributed by atoms with van der Waals surface area (Å²) in [5.41, 5.74) is 1.56. The third-order valence-electron chi connectivity index (χ3n) is 5.24. The van der Waals surface area contributed by atoms with Gasteiger partial charge in [0.1, 0.15) is 5.69 Å². The van der Waals surface area contributed by atoms with Gasteiger partial charge in [-0.3, -0.25) is 4.79 Å². The smallest absolute Gasteiger partial charge is 0.356 e. The van der Waals surface area contributed by atoms with Crippen LogP contribution in [0.25, 0.3) is 10.9 Å². The van der Waals surface area contributed by atoms with E-state index in [0.717, 1.165) is 0 Å². The number of carbonyl (C=O) groups is 2. The number of ether oxygens (including phenoxy) is 2. The quantitative estimate of drug-likeness (QED) is 0.512. The van der Waals surface area contributed by atoms with Gasteiger partial charge in [-0.25, -0.2) is 13.2 Å². The Bertz CT molecular complexity index is 1310. The fourth-order valence-electron chi connectivity index (χ4n) is 3.53. The van der Waals surface area contributed by atoms with E-state index in [4.69, 9.17) is 21.1 Å². The number of sulfonamides is 1. The molecule has 0 atom stereocenters. The van der Waals surface area contributed by atoms with Gasteiger partial charge in [0.05, 0.1) is 23.1 Å². The van der Waals surface area contributed by atoms with Crippen LogP contribution in [-0.2, 0) is 24.3 Å². The molecule has 1 aliphatic heterocycles. The molecular formula is C22H22ClN3O6S. The second-order valence-corrected chi connectivity index (χ2v) is 9.76. The number of para-hydroxylation sites is 1. The largest absolute Gasteiger partial charge is 0.451 e. The van der Waals surface area contributed by atoms with Crippen LogP contribution in [0.4, 0.5) is 5.69 Å². The van der Waals surface area contributed by atoms with Crippen LogP contribution < -0.4 is 5.32 Å². The van der Waals surface area contributed by atoms with Crippen molar-refractivity contribution in [2.24, 2.45) is 0 Å². The van der Waals surface area contributed by atoms with Gasteiger partial charge in [0.2, 0.25) is 10.0 Å². The van der Waals surface area contributed by atoms with Crippen molar-refractivity contribution in [1.29, 1.82) is 0 Å². The topological polar surface area (TPSA) is 118 Å². The van der Waals surface area contributed by atoms with E-state index in [1.165, 1.54) is 10.4 Å². The lowest BCUT2D eigenvalue weighted by Crippen LogP contribution is -2.40. The van der Waals surface area contributed by atoms with Crippen molar-refractivity contribution in [2.45, 2.75) is 11.8 Å². The number of hydrogen-bond donors (Lipinski definition) is 2. The summed E-state index contributed by atoms with van der Waals surface area (Å²) in [6.07, 6.45) is 0. The van der Waals surface area contributed by atoms with Gasteiger partial charge in [-0.05, 0) is 30.7 Å². The van der Waals surface area contributed by atoms with Crippen LogP contribution >= 0.6 is 11.6 Å². The predicted octanol–water partition coefficient (Wildman–Crippen LogP) is 2.95. The highest BCUT2D eigenvalue weighted by atomic mass is 35.5. The van der Waals surface area contributed by atoms with E-state index in [2.05, 4.69) is 10.3 Å². The zero-order chi connectivity index (χ0) is 23.6. The van der Waals surface area contributed by atoms with E-state index < -0.39 is 28.5 Å². The van der Waals surface area contributed by atoms with Crippen LogP contribution in [0, 0.1) is 6.92 Å². The zero-order valence-corrected chi connectivity index (χ0v) is 19.3. The van der Waals surface area contributed by atoms with Gasteiger partial charge in [0, 0.05) is 29.7 Å². The number of H-pyrrole nitrogens is 1. The van der Waals surface area contributed by atoms with Gasteiger partial charge < -0.3 is 19.8 Å². The number of amides is 1. The maximum absolute atomic E-state index is 13.0. The Labute approximate surface area is 195 Å². The fourth-order valence-corrected chi connectivity index (χ4v) is 5.48. The minimum absolute atomic E-state index is 0.0555.